The first-order valence-electron chi connectivity index (χ1n) is 6.23. The quantitative estimate of drug-likeness (QED) is 0.163. The van der Waals surface area contributed by atoms with E-state index >= 15 is 0 Å². The zero-order valence-corrected chi connectivity index (χ0v) is 12.4. The average Bonchev–Trinajstić information content (AvgIpc) is 2.47. The maximum Gasteiger partial charge on any atom is 0.343 e. The summed E-state index contributed by atoms with van der Waals surface area (Å²) in [6.45, 7) is 3.17. The summed E-state index contributed by atoms with van der Waals surface area (Å²) in [6, 6.07) is 0.265. The molecule has 0 aliphatic heterocycles. The lowest BCUT2D eigenvalue weighted by Crippen LogP contribution is -2.18. The van der Waals surface area contributed by atoms with Crippen LogP contribution in [0.3, 0.4) is 0 Å². The topological polar surface area (TPSA) is 63.6 Å². The van der Waals surface area contributed by atoms with E-state index in [1.54, 1.807) is 6.92 Å². The molecule has 0 aliphatic carbocycles. The van der Waals surface area contributed by atoms with Crippen molar-refractivity contribution in [3.63, 3.8) is 0 Å². The fourth-order valence-corrected chi connectivity index (χ4v) is 1.93. The van der Waals surface area contributed by atoms with Crippen LogP contribution in [0.4, 0.5) is 13.2 Å². The van der Waals surface area contributed by atoms with Gasteiger partial charge in [0.1, 0.15) is 16.4 Å². The van der Waals surface area contributed by atoms with Gasteiger partial charge in [-0.15, -0.1) is 0 Å². The Morgan fingerprint density at radius 2 is 1.82 bits per heavy atom. The van der Waals surface area contributed by atoms with Gasteiger partial charge in [-0.05, 0) is 13.0 Å². The second-order valence-corrected chi connectivity index (χ2v) is 4.44. The summed E-state index contributed by atoms with van der Waals surface area (Å²) in [5, 5.41) is 7.92. The van der Waals surface area contributed by atoms with Crippen molar-refractivity contribution in [1.29, 1.82) is 0 Å². The molecule has 0 saturated heterocycles. The highest BCUT2D eigenvalue weighted by Gasteiger charge is 2.29. The number of carboxylic acid groups (broad SMARTS) is 1. The van der Waals surface area contributed by atoms with Crippen LogP contribution in [0, 0.1) is 17.5 Å². The molecule has 22 heavy (non-hydrogen) atoms. The van der Waals surface area contributed by atoms with Gasteiger partial charge < -0.3 is 9.84 Å². The molecule has 1 aromatic carbocycles. The Morgan fingerprint density at radius 3 is 2.27 bits per heavy atom. The molecule has 0 atom stereocenters. The molecule has 0 aromatic heterocycles. The first kappa shape index (κ1) is 18.0. The van der Waals surface area contributed by atoms with Gasteiger partial charge in [-0.3, -0.25) is 4.79 Å². The van der Waals surface area contributed by atoms with Gasteiger partial charge in [0.25, 0.3) is 0 Å². The number of ether oxygens (including phenoxy) is 1. The summed E-state index contributed by atoms with van der Waals surface area (Å²) < 4.78 is 45.3. The Hall–Kier alpha value is -2.02. The van der Waals surface area contributed by atoms with Crippen molar-refractivity contribution in [2.75, 3.05) is 6.61 Å². The van der Waals surface area contributed by atoms with Crippen LogP contribution in [-0.2, 0) is 9.53 Å². The Balaban J connectivity index is 3.55. The summed E-state index contributed by atoms with van der Waals surface area (Å²) >= 11 is 5.25. The lowest BCUT2D eigenvalue weighted by molar-refractivity contribution is -0.132. The van der Waals surface area contributed by atoms with E-state index in [2.05, 4.69) is 0 Å². The molecule has 4 nitrogen and oxygen atoms in total. The Labute approximate surface area is 129 Å². The van der Waals surface area contributed by atoms with Crippen LogP contribution in [0.1, 0.15) is 30.6 Å². The Kier molecular flexibility index (Phi) is 5.99. The standard InChI is InChI=1S/C14H12ClF3O4/c1-3-8(22-4-2)9(14(20)21)13(19)6-5-7(16)12(18)10(15)11(6)17/h5H,3-4H2,1-2H3,(H,20,21). The number of allylic oxidation sites excluding steroid dienone is 1. The fourth-order valence-electron chi connectivity index (χ4n) is 1.74. The molecular formula is C14H12ClF3O4. The van der Waals surface area contributed by atoms with E-state index in [0.29, 0.717) is 0 Å². The van der Waals surface area contributed by atoms with Gasteiger partial charge in [0, 0.05) is 6.42 Å². The third-order valence-corrected chi connectivity index (χ3v) is 3.04. The molecule has 0 aliphatic rings. The molecular weight excluding hydrogens is 325 g/mol. The molecule has 0 heterocycles. The van der Waals surface area contributed by atoms with Gasteiger partial charge in [-0.2, -0.15) is 0 Å². The van der Waals surface area contributed by atoms with Crippen molar-refractivity contribution >= 4 is 23.4 Å². The van der Waals surface area contributed by atoms with Crippen LogP contribution in [0.5, 0.6) is 0 Å². The number of ketones is 1. The Bertz CT molecular complexity index is 656. The molecule has 0 radical (unpaired) electrons. The SMILES string of the molecule is CCOC(CC)=C(C(=O)O)C(=O)c1cc(F)c(F)c(Cl)c1F. The van der Waals surface area contributed by atoms with Crippen molar-refractivity contribution in [3.05, 3.63) is 45.4 Å². The van der Waals surface area contributed by atoms with Crippen LogP contribution in [0.2, 0.25) is 5.02 Å². The minimum absolute atomic E-state index is 0.0419. The van der Waals surface area contributed by atoms with Crippen molar-refractivity contribution in [1.82, 2.24) is 0 Å². The first-order chi connectivity index (χ1) is 10.3. The fraction of sp³-hybridized carbons (Fsp3) is 0.286. The highest BCUT2D eigenvalue weighted by molar-refractivity contribution is 6.32. The predicted molar refractivity (Wildman–Crippen MR) is 72.2 cm³/mol. The van der Waals surface area contributed by atoms with Crippen LogP contribution in [0.15, 0.2) is 17.4 Å². The molecule has 0 unspecified atom stereocenters. The number of carbonyl (C=O) groups excluding carboxylic acids is 1. The summed E-state index contributed by atoms with van der Waals surface area (Å²) in [5.74, 6) is -7.96. The van der Waals surface area contributed by atoms with E-state index < -0.39 is 45.4 Å². The summed E-state index contributed by atoms with van der Waals surface area (Å²) in [6.07, 6.45) is 0.0419. The molecule has 1 aromatic rings. The number of carboxylic acids is 1. The summed E-state index contributed by atoms with van der Waals surface area (Å²) in [5.41, 5.74) is -1.84. The average molecular weight is 337 g/mol. The van der Waals surface area contributed by atoms with Gasteiger partial charge in [0.2, 0.25) is 5.78 Å². The molecule has 0 amide bonds. The number of hydrogen-bond acceptors (Lipinski definition) is 3. The van der Waals surface area contributed by atoms with Gasteiger partial charge >= 0.3 is 5.97 Å². The number of Topliss-reactive ketones (excluding diaryl/α,β-unsaturated/α-hetero) is 1. The molecule has 0 fully saturated rings. The van der Waals surface area contributed by atoms with Crippen LogP contribution < -0.4 is 0 Å². The summed E-state index contributed by atoms with van der Waals surface area (Å²) in [7, 11) is 0. The summed E-state index contributed by atoms with van der Waals surface area (Å²) in [4.78, 5) is 23.4. The lowest BCUT2D eigenvalue weighted by atomic mass is 10.0. The highest BCUT2D eigenvalue weighted by Crippen LogP contribution is 2.27. The van der Waals surface area contributed by atoms with Crippen LogP contribution in [-0.4, -0.2) is 23.5 Å². The zero-order valence-electron chi connectivity index (χ0n) is 11.7. The third kappa shape index (κ3) is 3.41. The number of rotatable bonds is 6. The molecule has 0 spiro atoms. The molecule has 1 N–H and O–H groups in total. The van der Waals surface area contributed by atoms with Crippen LogP contribution >= 0.6 is 11.6 Å². The van der Waals surface area contributed by atoms with Crippen LogP contribution in [0.25, 0.3) is 0 Å². The van der Waals surface area contributed by atoms with E-state index in [-0.39, 0.29) is 24.9 Å². The molecule has 0 saturated carbocycles. The molecule has 0 bridgehead atoms. The van der Waals surface area contributed by atoms with E-state index in [9.17, 15) is 22.8 Å². The number of halogens is 4. The van der Waals surface area contributed by atoms with E-state index in [1.165, 1.54) is 6.92 Å². The van der Waals surface area contributed by atoms with Crippen molar-refractivity contribution in [2.24, 2.45) is 0 Å². The highest BCUT2D eigenvalue weighted by atomic mass is 35.5. The first-order valence-corrected chi connectivity index (χ1v) is 6.60. The predicted octanol–water partition coefficient (Wildman–Crippen LogP) is 3.73. The maximum atomic E-state index is 13.9. The monoisotopic (exact) mass is 336 g/mol. The zero-order chi connectivity index (χ0) is 17.0. The van der Waals surface area contributed by atoms with Crippen molar-refractivity contribution in [3.8, 4) is 0 Å². The minimum atomic E-state index is -1.67. The smallest absolute Gasteiger partial charge is 0.343 e. The largest absolute Gasteiger partial charge is 0.497 e. The Morgan fingerprint density at radius 1 is 1.23 bits per heavy atom. The van der Waals surface area contributed by atoms with Gasteiger partial charge in [0.15, 0.2) is 17.5 Å². The second-order valence-electron chi connectivity index (χ2n) is 4.07. The number of hydrogen-bond donors (Lipinski definition) is 1. The number of carbonyl (C=O) groups is 2. The van der Waals surface area contributed by atoms with Gasteiger partial charge in [0.05, 0.1) is 12.2 Å². The second kappa shape index (κ2) is 7.31. The van der Waals surface area contributed by atoms with Crippen molar-refractivity contribution in [2.45, 2.75) is 20.3 Å². The van der Waals surface area contributed by atoms with Gasteiger partial charge in [-0.1, -0.05) is 18.5 Å². The molecule has 120 valence electrons. The molecule has 1 rings (SSSR count). The lowest BCUT2D eigenvalue weighted by Gasteiger charge is -2.12. The van der Waals surface area contributed by atoms with E-state index in [4.69, 9.17) is 21.4 Å². The molecule has 8 heteroatoms. The van der Waals surface area contributed by atoms with Crippen molar-refractivity contribution < 1.29 is 32.6 Å². The number of aliphatic carboxylic acids is 1. The normalized spacial score (nSPS) is 11.9. The third-order valence-electron chi connectivity index (χ3n) is 2.71. The van der Waals surface area contributed by atoms with Gasteiger partial charge in [-0.25, -0.2) is 18.0 Å². The van der Waals surface area contributed by atoms with E-state index in [1.807, 2.05) is 0 Å². The van der Waals surface area contributed by atoms with E-state index in [0.717, 1.165) is 0 Å². The maximum absolute atomic E-state index is 13.9. The minimum Gasteiger partial charge on any atom is -0.497 e. The number of benzene rings is 1.